The number of rotatable bonds is 6. The van der Waals surface area contributed by atoms with Crippen molar-refractivity contribution in [3.8, 4) is 11.3 Å². The van der Waals surface area contributed by atoms with E-state index in [-0.39, 0.29) is 0 Å². The Bertz CT molecular complexity index is 609. The zero-order valence-electron chi connectivity index (χ0n) is 12.7. The summed E-state index contributed by atoms with van der Waals surface area (Å²) in [6.45, 7) is 5.40. The summed E-state index contributed by atoms with van der Waals surface area (Å²) in [5.74, 6) is 2.30. The molecule has 110 valence electrons. The number of pyridine rings is 1. The molecule has 1 saturated carbocycles. The largest absolute Gasteiger partial charge is 0.457 e. The fourth-order valence-corrected chi connectivity index (χ4v) is 2.25. The topological polar surface area (TPSA) is 38.1 Å². The van der Waals surface area contributed by atoms with Gasteiger partial charge in [-0.3, -0.25) is 4.98 Å². The van der Waals surface area contributed by atoms with Crippen molar-refractivity contribution >= 4 is 6.08 Å². The average Bonchev–Trinajstić information content (AvgIpc) is 3.21. The van der Waals surface area contributed by atoms with Crippen LogP contribution in [0.2, 0.25) is 0 Å². The number of nitrogens with one attached hydrogen (secondary N) is 1. The summed E-state index contributed by atoms with van der Waals surface area (Å²) in [5.41, 5.74) is 2.40. The van der Waals surface area contributed by atoms with Crippen LogP contribution in [0, 0.1) is 5.92 Å². The Morgan fingerprint density at radius 3 is 2.90 bits per heavy atom. The summed E-state index contributed by atoms with van der Waals surface area (Å²) in [4.78, 5) is 4.13. The lowest BCUT2D eigenvalue weighted by atomic mass is 10.0. The molecule has 1 fully saturated rings. The van der Waals surface area contributed by atoms with Gasteiger partial charge in [0, 0.05) is 30.5 Å². The zero-order chi connectivity index (χ0) is 14.7. The van der Waals surface area contributed by atoms with Crippen molar-refractivity contribution in [2.75, 3.05) is 6.54 Å². The van der Waals surface area contributed by atoms with Gasteiger partial charge in [-0.15, -0.1) is 0 Å². The summed E-state index contributed by atoms with van der Waals surface area (Å²) in [6, 6.07) is 8.70. The first-order valence-electron chi connectivity index (χ1n) is 7.66. The third-order valence-corrected chi connectivity index (χ3v) is 3.81. The maximum Gasteiger partial charge on any atom is 0.136 e. The van der Waals surface area contributed by atoms with Gasteiger partial charge in [0.1, 0.15) is 11.5 Å². The number of hydrogen-bond donors (Lipinski definition) is 1. The lowest BCUT2D eigenvalue weighted by molar-refractivity contribution is 0.568. The average molecular weight is 282 g/mol. The monoisotopic (exact) mass is 282 g/mol. The lowest BCUT2D eigenvalue weighted by Crippen LogP contribution is -2.21. The highest BCUT2D eigenvalue weighted by atomic mass is 16.3. The van der Waals surface area contributed by atoms with Gasteiger partial charge in [-0.05, 0) is 49.1 Å². The van der Waals surface area contributed by atoms with E-state index in [1.165, 1.54) is 18.4 Å². The second-order valence-electron chi connectivity index (χ2n) is 5.97. The highest BCUT2D eigenvalue weighted by molar-refractivity contribution is 5.59. The molecule has 1 aliphatic rings. The maximum atomic E-state index is 5.93. The molecule has 0 radical (unpaired) electrons. The molecule has 2 heterocycles. The van der Waals surface area contributed by atoms with Crippen molar-refractivity contribution in [2.45, 2.75) is 32.7 Å². The van der Waals surface area contributed by atoms with Gasteiger partial charge in [-0.25, -0.2) is 0 Å². The van der Waals surface area contributed by atoms with Gasteiger partial charge in [0.25, 0.3) is 0 Å². The van der Waals surface area contributed by atoms with Crippen molar-refractivity contribution in [1.82, 2.24) is 10.3 Å². The minimum atomic E-state index is 0.517. The molecule has 1 N–H and O–H groups in total. The predicted octanol–water partition coefficient (Wildman–Crippen LogP) is 4.13. The van der Waals surface area contributed by atoms with E-state index < -0.39 is 0 Å². The van der Waals surface area contributed by atoms with E-state index >= 15 is 0 Å². The van der Waals surface area contributed by atoms with Gasteiger partial charge in [0.15, 0.2) is 0 Å². The van der Waals surface area contributed by atoms with Gasteiger partial charge < -0.3 is 9.73 Å². The molecular weight excluding hydrogens is 260 g/mol. The van der Waals surface area contributed by atoms with Crippen LogP contribution in [0.5, 0.6) is 0 Å². The molecule has 2 aromatic heterocycles. The van der Waals surface area contributed by atoms with Crippen LogP contribution in [0.1, 0.15) is 32.4 Å². The van der Waals surface area contributed by atoms with Crippen LogP contribution in [0.3, 0.4) is 0 Å². The van der Waals surface area contributed by atoms with Crippen LogP contribution in [0.15, 0.2) is 46.6 Å². The predicted molar refractivity (Wildman–Crippen MR) is 85.8 cm³/mol. The molecule has 0 aliphatic heterocycles. The van der Waals surface area contributed by atoms with Crippen molar-refractivity contribution in [2.24, 2.45) is 5.92 Å². The first kappa shape index (κ1) is 14.1. The molecule has 1 aliphatic carbocycles. The highest BCUT2D eigenvalue weighted by Crippen LogP contribution is 2.24. The Kier molecular flexibility index (Phi) is 4.20. The van der Waals surface area contributed by atoms with Crippen molar-refractivity contribution in [3.63, 3.8) is 0 Å². The molecule has 0 amide bonds. The van der Waals surface area contributed by atoms with E-state index in [1.807, 2.05) is 30.5 Å². The third kappa shape index (κ3) is 3.82. The van der Waals surface area contributed by atoms with Crippen LogP contribution in [-0.2, 0) is 0 Å². The van der Waals surface area contributed by atoms with Crippen molar-refractivity contribution in [1.29, 1.82) is 0 Å². The molecule has 0 spiro atoms. The Morgan fingerprint density at radius 2 is 2.24 bits per heavy atom. The number of nitrogens with zero attached hydrogens (tertiary/aromatic N) is 1. The summed E-state index contributed by atoms with van der Waals surface area (Å²) >= 11 is 0. The fourth-order valence-electron chi connectivity index (χ4n) is 2.25. The van der Waals surface area contributed by atoms with E-state index in [9.17, 15) is 0 Å². The summed E-state index contributed by atoms with van der Waals surface area (Å²) in [7, 11) is 0. The Balaban J connectivity index is 1.75. The molecular formula is C18H22N2O. The second-order valence-corrected chi connectivity index (χ2v) is 5.97. The fraction of sp³-hybridized carbons (Fsp3) is 0.389. The molecule has 3 rings (SSSR count). The quantitative estimate of drug-likeness (QED) is 0.865. The Morgan fingerprint density at radius 1 is 1.38 bits per heavy atom. The highest BCUT2D eigenvalue weighted by Gasteiger charge is 2.20. The van der Waals surface area contributed by atoms with Crippen LogP contribution >= 0.6 is 0 Å². The summed E-state index contributed by atoms with van der Waals surface area (Å²) < 4.78 is 5.93. The number of furan rings is 1. The van der Waals surface area contributed by atoms with E-state index in [0.29, 0.717) is 5.92 Å². The molecule has 0 atom stereocenters. The van der Waals surface area contributed by atoms with Crippen molar-refractivity contribution < 1.29 is 4.42 Å². The van der Waals surface area contributed by atoms with Gasteiger partial charge in [-0.1, -0.05) is 19.4 Å². The maximum absolute atomic E-state index is 5.93. The lowest BCUT2D eigenvalue weighted by Gasteiger charge is -2.11. The molecule has 0 bridgehead atoms. The van der Waals surface area contributed by atoms with Gasteiger partial charge in [-0.2, -0.15) is 0 Å². The third-order valence-electron chi connectivity index (χ3n) is 3.81. The van der Waals surface area contributed by atoms with E-state index in [1.54, 1.807) is 6.20 Å². The second kappa shape index (κ2) is 6.27. The smallest absolute Gasteiger partial charge is 0.136 e. The standard InChI is InChI=1S/C18H22N2O/c1-13(2)15(12-20-16-5-6-16)10-17-7-8-18(21-17)14-4-3-9-19-11-14/h3-4,7-11,13,16,20H,5-6,12H2,1-2H3. The van der Waals surface area contributed by atoms with E-state index in [4.69, 9.17) is 4.42 Å². The van der Waals surface area contributed by atoms with Crippen LogP contribution in [0.4, 0.5) is 0 Å². The van der Waals surface area contributed by atoms with Gasteiger partial charge >= 0.3 is 0 Å². The minimum Gasteiger partial charge on any atom is -0.457 e. The van der Waals surface area contributed by atoms with Crippen molar-refractivity contribution in [3.05, 3.63) is 48.0 Å². The molecule has 0 unspecified atom stereocenters. The molecule has 0 saturated heterocycles. The van der Waals surface area contributed by atoms with Crippen LogP contribution < -0.4 is 5.32 Å². The van der Waals surface area contributed by atoms with Gasteiger partial charge in [0.2, 0.25) is 0 Å². The molecule has 3 nitrogen and oxygen atoms in total. The molecule has 0 aromatic carbocycles. The molecule has 2 aromatic rings. The Labute approximate surface area is 126 Å². The van der Waals surface area contributed by atoms with Crippen LogP contribution in [0.25, 0.3) is 17.4 Å². The summed E-state index contributed by atoms with van der Waals surface area (Å²) in [5, 5.41) is 3.58. The first-order chi connectivity index (χ1) is 10.2. The number of aromatic nitrogens is 1. The molecule has 3 heteroatoms. The normalized spacial score (nSPS) is 15.7. The number of hydrogen-bond acceptors (Lipinski definition) is 3. The van der Waals surface area contributed by atoms with E-state index in [0.717, 1.165) is 29.7 Å². The minimum absolute atomic E-state index is 0.517. The van der Waals surface area contributed by atoms with Crippen LogP contribution in [-0.4, -0.2) is 17.6 Å². The molecule has 21 heavy (non-hydrogen) atoms. The SMILES string of the molecule is CC(C)C(=Cc1ccc(-c2cccnc2)o1)CNC1CC1. The van der Waals surface area contributed by atoms with Gasteiger partial charge in [0.05, 0.1) is 0 Å². The zero-order valence-corrected chi connectivity index (χ0v) is 12.7. The van der Waals surface area contributed by atoms with E-state index in [2.05, 4.69) is 30.2 Å². The Hall–Kier alpha value is -1.87. The first-order valence-corrected chi connectivity index (χ1v) is 7.66. The summed E-state index contributed by atoms with van der Waals surface area (Å²) in [6.07, 6.45) is 8.40.